The van der Waals surface area contributed by atoms with Gasteiger partial charge in [0.15, 0.2) is 0 Å². The summed E-state index contributed by atoms with van der Waals surface area (Å²) in [6.45, 7) is 0. The molecule has 4 heteroatoms. The molecule has 20 heavy (non-hydrogen) atoms. The minimum Gasteiger partial charge on any atom is -0.324 e. The number of para-hydroxylation sites is 2. The van der Waals surface area contributed by atoms with Gasteiger partial charge in [0.1, 0.15) is 0 Å². The molecule has 0 aromatic heterocycles. The number of hydrogen-bond donors (Lipinski definition) is 2. The lowest BCUT2D eigenvalue weighted by molar-refractivity contribution is -0.123. The lowest BCUT2D eigenvalue weighted by Gasteiger charge is -2.26. The van der Waals surface area contributed by atoms with E-state index in [1.165, 1.54) is 0 Å². The number of nitrogens with one attached hydrogen (secondary N) is 2. The van der Waals surface area contributed by atoms with Crippen molar-refractivity contribution in [3.05, 3.63) is 24.3 Å². The van der Waals surface area contributed by atoms with Crippen molar-refractivity contribution in [3.63, 3.8) is 0 Å². The van der Waals surface area contributed by atoms with E-state index in [0.717, 1.165) is 38.5 Å². The fourth-order valence-electron chi connectivity index (χ4n) is 2.51. The zero-order valence-corrected chi connectivity index (χ0v) is 11.5. The monoisotopic (exact) mass is 272 g/mol. The number of carbonyl (C=O) groups excluding carboxylic acids is 2. The van der Waals surface area contributed by atoms with Gasteiger partial charge in [-0.25, -0.2) is 0 Å². The number of anilines is 2. The van der Waals surface area contributed by atoms with Crippen molar-refractivity contribution in [2.24, 2.45) is 11.8 Å². The maximum Gasteiger partial charge on any atom is 0.227 e. The Balaban J connectivity index is 1.67. The molecule has 0 spiro atoms. The molecule has 4 nitrogen and oxygen atoms in total. The Morgan fingerprint density at radius 2 is 1.20 bits per heavy atom. The smallest absolute Gasteiger partial charge is 0.227 e. The fourth-order valence-corrected chi connectivity index (χ4v) is 2.51. The predicted molar refractivity (Wildman–Crippen MR) is 78.4 cm³/mol. The molecule has 0 saturated heterocycles. The maximum atomic E-state index is 12.0. The van der Waals surface area contributed by atoms with Crippen LogP contribution in [0.1, 0.15) is 38.5 Å². The number of amides is 2. The molecule has 0 radical (unpaired) electrons. The summed E-state index contributed by atoms with van der Waals surface area (Å²) in [5.74, 6) is 0.430. The predicted octanol–water partition coefficient (Wildman–Crippen LogP) is 3.16. The molecule has 2 amide bonds. The van der Waals surface area contributed by atoms with E-state index >= 15 is 0 Å². The van der Waals surface area contributed by atoms with Crippen LogP contribution < -0.4 is 10.6 Å². The van der Waals surface area contributed by atoms with Gasteiger partial charge in [-0.05, 0) is 37.8 Å². The van der Waals surface area contributed by atoms with Gasteiger partial charge in [0.2, 0.25) is 11.8 Å². The van der Waals surface area contributed by atoms with Crippen molar-refractivity contribution in [3.8, 4) is 0 Å². The van der Waals surface area contributed by atoms with Gasteiger partial charge < -0.3 is 10.6 Å². The van der Waals surface area contributed by atoms with Crippen molar-refractivity contribution >= 4 is 23.2 Å². The van der Waals surface area contributed by atoms with Crippen molar-refractivity contribution in [2.45, 2.75) is 38.5 Å². The van der Waals surface area contributed by atoms with Gasteiger partial charge in [-0.1, -0.05) is 25.0 Å². The molecule has 3 rings (SSSR count). The lowest BCUT2D eigenvalue weighted by Crippen LogP contribution is -2.30. The standard InChI is InChI=1S/C16H20N2O2/c19-15(11-5-3-6-11)17-13-9-1-2-10-14(13)18-16(20)12-7-4-8-12/h1-2,9-12H,3-8H2,(H,17,19)(H,18,20). The highest BCUT2D eigenvalue weighted by molar-refractivity contribution is 6.01. The van der Waals surface area contributed by atoms with E-state index in [-0.39, 0.29) is 23.7 Å². The zero-order chi connectivity index (χ0) is 13.9. The summed E-state index contributed by atoms with van der Waals surface area (Å²) < 4.78 is 0. The van der Waals surface area contributed by atoms with Gasteiger partial charge in [-0.15, -0.1) is 0 Å². The third kappa shape index (κ3) is 2.69. The molecular weight excluding hydrogens is 252 g/mol. The van der Waals surface area contributed by atoms with Crippen LogP contribution in [0.3, 0.4) is 0 Å². The minimum absolute atomic E-state index is 0.0709. The second kappa shape index (κ2) is 5.65. The first-order valence-corrected chi connectivity index (χ1v) is 7.45. The second-order valence-corrected chi connectivity index (χ2v) is 5.78. The topological polar surface area (TPSA) is 58.2 Å². The zero-order valence-electron chi connectivity index (χ0n) is 11.5. The summed E-state index contributed by atoms with van der Waals surface area (Å²) in [5.41, 5.74) is 1.41. The summed E-state index contributed by atoms with van der Waals surface area (Å²) >= 11 is 0. The van der Waals surface area contributed by atoms with Gasteiger partial charge in [-0.3, -0.25) is 9.59 Å². The van der Waals surface area contributed by atoms with E-state index < -0.39 is 0 Å². The summed E-state index contributed by atoms with van der Waals surface area (Å²) in [7, 11) is 0. The Morgan fingerprint density at radius 1 is 0.800 bits per heavy atom. The highest BCUT2D eigenvalue weighted by Gasteiger charge is 2.27. The van der Waals surface area contributed by atoms with Gasteiger partial charge in [0.25, 0.3) is 0 Å². The van der Waals surface area contributed by atoms with E-state index in [4.69, 9.17) is 0 Å². The first-order chi connectivity index (χ1) is 9.74. The van der Waals surface area contributed by atoms with Crippen molar-refractivity contribution in [2.75, 3.05) is 10.6 Å². The largest absolute Gasteiger partial charge is 0.324 e. The van der Waals surface area contributed by atoms with Crippen LogP contribution in [0, 0.1) is 11.8 Å². The average Bonchev–Trinajstić information content (AvgIpc) is 2.26. The number of benzene rings is 1. The Hall–Kier alpha value is -1.84. The molecule has 1 aromatic carbocycles. The Bertz CT molecular complexity index is 472. The molecule has 106 valence electrons. The van der Waals surface area contributed by atoms with Gasteiger partial charge in [-0.2, -0.15) is 0 Å². The third-order valence-electron chi connectivity index (χ3n) is 4.39. The fraction of sp³-hybridized carbons (Fsp3) is 0.500. The van der Waals surface area contributed by atoms with Crippen LogP contribution >= 0.6 is 0 Å². The van der Waals surface area contributed by atoms with Crippen LogP contribution in [0.4, 0.5) is 11.4 Å². The van der Waals surface area contributed by atoms with Crippen LogP contribution in [-0.2, 0) is 9.59 Å². The minimum atomic E-state index is 0.0709. The summed E-state index contributed by atoms with van der Waals surface area (Å²) in [6, 6.07) is 7.42. The van der Waals surface area contributed by atoms with E-state index in [1.807, 2.05) is 24.3 Å². The number of carbonyl (C=O) groups is 2. The molecule has 0 bridgehead atoms. The molecule has 1 aromatic rings. The normalized spacial score (nSPS) is 18.8. The van der Waals surface area contributed by atoms with E-state index in [2.05, 4.69) is 10.6 Å². The number of hydrogen-bond acceptors (Lipinski definition) is 2. The van der Waals surface area contributed by atoms with Crippen molar-refractivity contribution < 1.29 is 9.59 Å². The molecule has 0 aliphatic heterocycles. The molecule has 2 N–H and O–H groups in total. The van der Waals surface area contributed by atoms with E-state index in [0.29, 0.717) is 11.4 Å². The maximum absolute atomic E-state index is 12.0. The van der Waals surface area contributed by atoms with Gasteiger partial charge in [0, 0.05) is 11.8 Å². The van der Waals surface area contributed by atoms with Crippen molar-refractivity contribution in [1.29, 1.82) is 0 Å². The molecule has 2 saturated carbocycles. The molecule has 2 fully saturated rings. The van der Waals surface area contributed by atoms with Crippen LogP contribution in [0.25, 0.3) is 0 Å². The van der Waals surface area contributed by atoms with Crippen LogP contribution in [0.2, 0.25) is 0 Å². The molecule has 0 unspecified atom stereocenters. The Morgan fingerprint density at radius 3 is 1.50 bits per heavy atom. The van der Waals surface area contributed by atoms with E-state index in [1.54, 1.807) is 0 Å². The average molecular weight is 272 g/mol. The molecule has 2 aliphatic rings. The SMILES string of the molecule is O=C(Nc1ccccc1NC(=O)C1CCC1)C1CCC1. The van der Waals surface area contributed by atoms with Crippen LogP contribution in [-0.4, -0.2) is 11.8 Å². The highest BCUT2D eigenvalue weighted by atomic mass is 16.2. The summed E-state index contributed by atoms with van der Waals surface area (Å²) in [6.07, 6.45) is 6.17. The Kier molecular flexibility index (Phi) is 3.72. The quantitative estimate of drug-likeness (QED) is 0.884. The molecule has 2 aliphatic carbocycles. The van der Waals surface area contributed by atoms with Gasteiger partial charge >= 0.3 is 0 Å². The molecular formula is C16H20N2O2. The molecule has 0 heterocycles. The van der Waals surface area contributed by atoms with Crippen molar-refractivity contribution in [1.82, 2.24) is 0 Å². The third-order valence-corrected chi connectivity index (χ3v) is 4.39. The first kappa shape index (κ1) is 13.2. The highest BCUT2D eigenvalue weighted by Crippen LogP contribution is 2.31. The molecule has 0 atom stereocenters. The number of rotatable bonds is 4. The lowest BCUT2D eigenvalue weighted by atomic mass is 9.84. The summed E-state index contributed by atoms with van der Waals surface area (Å²) in [5, 5.41) is 5.88. The Labute approximate surface area is 118 Å². The second-order valence-electron chi connectivity index (χ2n) is 5.78. The van der Waals surface area contributed by atoms with E-state index in [9.17, 15) is 9.59 Å². The summed E-state index contributed by atoms with van der Waals surface area (Å²) in [4.78, 5) is 24.0. The van der Waals surface area contributed by atoms with Gasteiger partial charge in [0.05, 0.1) is 11.4 Å². The van der Waals surface area contributed by atoms with Crippen LogP contribution in [0.5, 0.6) is 0 Å². The van der Waals surface area contributed by atoms with Crippen LogP contribution in [0.15, 0.2) is 24.3 Å². The first-order valence-electron chi connectivity index (χ1n) is 7.45.